The quantitative estimate of drug-likeness (QED) is 0.443. The minimum atomic E-state index is -0.667. The molecule has 1 N–H and O–H groups in total. The summed E-state index contributed by atoms with van der Waals surface area (Å²) in [6.07, 6.45) is 8.50. The van der Waals surface area contributed by atoms with Crippen molar-refractivity contribution in [1.82, 2.24) is 29.2 Å². The van der Waals surface area contributed by atoms with Crippen LogP contribution in [0.4, 0.5) is 0 Å². The highest BCUT2D eigenvalue weighted by atomic mass is 16.5. The Kier molecular flexibility index (Phi) is 9.02. The van der Waals surface area contributed by atoms with Crippen molar-refractivity contribution >= 4 is 28.8 Å². The molecule has 6 rings (SSSR count). The molecule has 1 aromatic carbocycles. The van der Waals surface area contributed by atoms with Crippen molar-refractivity contribution in [3.8, 4) is 0 Å². The van der Waals surface area contributed by atoms with Crippen LogP contribution >= 0.6 is 0 Å². The van der Waals surface area contributed by atoms with Crippen molar-refractivity contribution in [3.63, 3.8) is 0 Å². The SMILES string of the molecule is Cn1c(=O)n(C2CCC(=O)NC2=O)c2ccc(CN3CCN(CCO[C@H]4C[C@H](N(C)C(=O)C5CCCCC5)C4)CC3)cc21. The van der Waals surface area contributed by atoms with E-state index in [9.17, 15) is 19.2 Å². The standard InChI is InChI=1S/C32H46N6O5/c1-34(31(41)23-6-4-3-5-7-23)24-19-25(20-24)43-17-16-36-12-14-37(15-13-36)21-22-8-9-26-28(18-22)35(2)32(42)38(26)27-10-11-29(39)33-30(27)40/h8-9,18,23-25,27H,3-7,10-17,19-21H2,1-2H3,(H,33,39,40)/t24-,25-,27?. The number of hydrogen-bond donors (Lipinski definition) is 1. The van der Waals surface area contributed by atoms with Gasteiger partial charge < -0.3 is 9.64 Å². The van der Waals surface area contributed by atoms with Gasteiger partial charge in [0.25, 0.3) is 0 Å². The Bertz CT molecular complexity index is 1400. The van der Waals surface area contributed by atoms with E-state index in [4.69, 9.17) is 4.74 Å². The maximum atomic E-state index is 13.1. The molecule has 2 saturated heterocycles. The third kappa shape index (κ3) is 6.44. The molecule has 11 nitrogen and oxygen atoms in total. The van der Waals surface area contributed by atoms with Crippen molar-refractivity contribution in [2.24, 2.45) is 13.0 Å². The summed E-state index contributed by atoms with van der Waals surface area (Å²) >= 11 is 0. The molecule has 2 aliphatic carbocycles. The van der Waals surface area contributed by atoms with Gasteiger partial charge in [-0.05, 0) is 49.8 Å². The van der Waals surface area contributed by atoms with E-state index in [-0.39, 0.29) is 30.0 Å². The van der Waals surface area contributed by atoms with E-state index in [1.807, 2.05) is 30.1 Å². The number of carbonyl (C=O) groups excluding carboxylic acids is 3. The summed E-state index contributed by atoms with van der Waals surface area (Å²) in [5.41, 5.74) is 2.41. The summed E-state index contributed by atoms with van der Waals surface area (Å²) in [6, 6.07) is 5.68. The number of imide groups is 1. The smallest absolute Gasteiger partial charge is 0.329 e. The fourth-order valence-electron chi connectivity index (χ4n) is 7.32. The Morgan fingerprint density at radius 1 is 0.977 bits per heavy atom. The normalized spacial score (nSPS) is 26.0. The maximum Gasteiger partial charge on any atom is 0.329 e. The Morgan fingerprint density at radius 3 is 2.42 bits per heavy atom. The van der Waals surface area contributed by atoms with Gasteiger partial charge in [0.15, 0.2) is 0 Å². The second-order valence-corrected chi connectivity index (χ2v) is 13.0. The lowest BCUT2D eigenvalue weighted by molar-refractivity contribution is -0.143. The first kappa shape index (κ1) is 30.0. The van der Waals surface area contributed by atoms with E-state index in [1.165, 1.54) is 23.8 Å². The van der Waals surface area contributed by atoms with Gasteiger partial charge in [-0.15, -0.1) is 0 Å². The first-order chi connectivity index (χ1) is 20.8. The zero-order valence-electron chi connectivity index (χ0n) is 25.6. The second-order valence-electron chi connectivity index (χ2n) is 13.0. The summed E-state index contributed by atoms with van der Waals surface area (Å²) in [7, 11) is 3.71. The molecular weight excluding hydrogens is 548 g/mol. The number of nitrogens with one attached hydrogen (secondary N) is 1. The van der Waals surface area contributed by atoms with Crippen LogP contribution in [0.3, 0.4) is 0 Å². The third-order valence-corrected chi connectivity index (χ3v) is 10.2. The van der Waals surface area contributed by atoms with Crippen LogP contribution in [0.15, 0.2) is 23.0 Å². The predicted octanol–water partition coefficient (Wildman–Crippen LogP) is 2.02. The number of piperidine rings is 1. The Balaban J connectivity index is 0.932. The van der Waals surface area contributed by atoms with E-state index < -0.39 is 11.9 Å². The Hall–Kier alpha value is -3.02. The zero-order valence-corrected chi connectivity index (χ0v) is 25.6. The van der Waals surface area contributed by atoms with Crippen LogP contribution in [0.2, 0.25) is 0 Å². The molecule has 0 bridgehead atoms. The minimum Gasteiger partial charge on any atom is -0.377 e. The lowest BCUT2D eigenvalue weighted by Crippen LogP contribution is -2.51. The highest BCUT2D eigenvalue weighted by molar-refractivity contribution is 6.00. The molecular formula is C32H46N6O5. The molecule has 43 heavy (non-hydrogen) atoms. The fourth-order valence-corrected chi connectivity index (χ4v) is 7.32. The molecule has 4 aliphatic rings. The number of ether oxygens (including phenoxy) is 1. The zero-order chi connectivity index (χ0) is 30.1. The second kappa shape index (κ2) is 12.9. The van der Waals surface area contributed by atoms with Crippen molar-refractivity contribution in [2.45, 2.75) is 82.5 Å². The summed E-state index contributed by atoms with van der Waals surface area (Å²) < 4.78 is 9.29. The monoisotopic (exact) mass is 594 g/mol. The van der Waals surface area contributed by atoms with Crippen LogP contribution in [0.1, 0.15) is 69.4 Å². The van der Waals surface area contributed by atoms with E-state index in [0.717, 1.165) is 88.2 Å². The van der Waals surface area contributed by atoms with Crippen LogP contribution in [-0.4, -0.2) is 100 Å². The highest BCUT2D eigenvalue weighted by Gasteiger charge is 2.37. The van der Waals surface area contributed by atoms with Crippen molar-refractivity contribution in [3.05, 3.63) is 34.2 Å². The number of carbonyl (C=O) groups is 3. The van der Waals surface area contributed by atoms with Gasteiger partial charge in [-0.3, -0.25) is 38.6 Å². The van der Waals surface area contributed by atoms with E-state index in [0.29, 0.717) is 18.4 Å². The number of piperazine rings is 1. The van der Waals surface area contributed by atoms with E-state index in [2.05, 4.69) is 15.1 Å². The van der Waals surface area contributed by atoms with Crippen molar-refractivity contribution in [1.29, 1.82) is 0 Å². The minimum absolute atomic E-state index is 0.233. The largest absolute Gasteiger partial charge is 0.377 e. The molecule has 234 valence electrons. The number of nitrogens with zero attached hydrogens (tertiary/aromatic N) is 5. The molecule has 0 radical (unpaired) electrons. The first-order valence-corrected chi connectivity index (χ1v) is 16.1. The lowest BCUT2D eigenvalue weighted by Gasteiger charge is -2.42. The Morgan fingerprint density at radius 2 is 1.70 bits per heavy atom. The summed E-state index contributed by atoms with van der Waals surface area (Å²) in [6.45, 7) is 6.36. The van der Waals surface area contributed by atoms with Gasteiger partial charge in [0.2, 0.25) is 17.7 Å². The molecule has 1 unspecified atom stereocenters. The molecule has 0 spiro atoms. The predicted molar refractivity (Wildman–Crippen MR) is 162 cm³/mol. The van der Waals surface area contributed by atoms with Gasteiger partial charge in [0.1, 0.15) is 6.04 Å². The number of imidazole rings is 1. The number of rotatable bonds is 9. The van der Waals surface area contributed by atoms with Crippen LogP contribution < -0.4 is 11.0 Å². The van der Waals surface area contributed by atoms with Crippen LogP contribution in [-0.2, 0) is 32.7 Å². The molecule has 2 aliphatic heterocycles. The lowest BCUT2D eigenvalue weighted by atomic mass is 9.84. The molecule has 1 aromatic heterocycles. The average molecular weight is 595 g/mol. The molecule has 2 saturated carbocycles. The highest BCUT2D eigenvalue weighted by Crippen LogP contribution is 2.32. The number of amides is 3. The van der Waals surface area contributed by atoms with Crippen molar-refractivity contribution < 1.29 is 19.1 Å². The fraction of sp³-hybridized carbons (Fsp3) is 0.688. The van der Waals surface area contributed by atoms with Gasteiger partial charge >= 0.3 is 5.69 Å². The molecule has 1 atom stereocenters. The van der Waals surface area contributed by atoms with E-state index >= 15 is 0 Å². The average Bonchev–Trinajstić information content (AvgIpc) is 3.23. The number of aryl methyl sites for hydroxylation is 1. The van der Waals surface area contributed by atoms with Crippen LogP contribution in [0.5, 0.6) is 0 Å². The molecule has 3 amide bonds. The van der Waals surface area contributed by atoms with Gasteiger partial charge in [-0.1, -0.05) is 25.3 Å². The van der Waals surface area contributed by atoms with E-state index in [1.54, 1.807) is 11.6 Å². The van der Waals surface area contributed by atoms with Crippen LogP contribution in [0, 0.1) is 5.92 Å². The Labute approximate surface area is 253 Å². The molecule has 2 aromatic rings. The summed E-state index contributed by atoms with van der Waals surface area (Å²) in [5, 5.41) is 2.36. The number of aromatic nitrogens is 2. The number of fused-ring (bicyclic) bond motifs is 1. The van der Waals surface area contributed by atoms with Crippen molar-refractivity contribution in [2.75, 3.05) is 46.4 Å². The molecule has 4 fully saturated rings. The number of benzene rings is 1. The van der Waals surface area contributed by atoms with Gasteiger partial charge in [0, 0.05) is 71.7 Å². The molecule has 11 heteroatoms. The maximum absolute atomic E-state index is 13.1. The molecule has 3 heterocycles. The number of hydrogen-bond acceptors (Lipinski definition) is 7. The van der Waals surface area contributed by atoms with Crippen LogP contribution in [0.25, 0.3) is 11.0 Å². The van der Waals surface area contributed by atoms with Gasteiger partial charge in [-0.2, -0.15) is 0 Å². The topological polar surface area (TPSA) is 109 Å². The summed E-state index contributed by atoms with van der Waals surface area (Å²) in [4.78, 5) is 56.8. The van der Waals surface area contributed by atoms with Gasteiger partial charge in [-0.25, -0.2) is 4.79 Å². The first-order valence-electron chi connectivity index (χ1n) is 16.1. The summed E-state index contributed by atoms with van der Waals surface area (Å²) in [5.74, 6) is -0.122. The third-order valence-electron chi connectivity index (χ3n) is 10.2. The van der Waals surface area contributed by atoms with Gasteiger partial charge in [0.05, 0.1) is 23.7 Å².